The van der Waals surface area contributed by atoms with Crippen molar-refractivity contribution < 1.29 is 13.9 Å². The number of ether oxygens (including phenoxy) is 1. The SMILES string of the molecule is CN1CCN(CCCNC(=O)c2ccc(COc3ccc4ccccc4c3)o2)CC1. The minimum absolute atomic E-state index is 0.176. The van der Waals surface area contributed by atoms with Gasteiger partial charge < -0.3 is 24.3 Å². The molecule has 0 saturated carbocycles. The monoisotopic (exact) mass is 407 g/mol. The first-order chi connectivity index (χ1) is 14.7. The van der Waals surface area contributed by atoms with Gasteiger partial charge in [0.15, 0.2) is 5.76 Å². The highest BCUT2D eigenvalue weighted by molar-refractivity contribution is 5.91. The van der Waals surface area contributed by atoms with E-state index in [-0.39, 0.29) is 12.5 Å². The number of amides is 1. The predicted octanol–water partition coefficient (Wildman–Crippen LogP) is 3.38. The Morgan fingerprint density at radius 3 is 2.67 bits per heavy atom. The van der Waals surface area contributed by atoms with E-state index in [1.165, 1.54) is 5.39 Å². The quantitative estimate of drug-likeness (QED) is 0.580. The van der Waals surface area contributed by atoms with E-state index < -0.39 is 0 Å². The van der Waals surface area contributed by atoms with Crippen molar-refractivity contribution in [3.8, 4) is 5.75 Å². The lowest BCUT2D eigenvalue weighted by Crippen LogP contribution is -2.45. The molecular formula is C24H29N3O3. The van der Waals surface area contributed by atoms with Crippen molar-refractivity contribution in [3.05, 3.63) is 66.1 Å². The van der Waals surface area contributed by atoms with E-state index >= 15 is 0 Å². The maximum Gasteiger partial charge on any atom is 0.286 e. The number of likely N-dealkylation sites (N-methyl/N-ethyl adjacent to an activating group) is 1. The molecule has 1 aromatic heterocycles. The van der Waals surface area contributed by atoms with Gasteiger partial charge in [0.05, 0.1) is 0 Å². The molecule has 1 fully saturated rings. The zero-order valence-electron chi connectivity index (χ0n) is 17.5. The van der Waals surface area contributed by atoms with Crippen molar-refractivity contribution in [3.63, 3.8) is 0 Å². The number of nitrogens with one attached hydrogen (secondary N) is 1. The van der Waals surface area contributed by atoms with Gasteiger partial charge in [0.1, 0.15) is 18.1 Å². The Balaban J connectivity index is 1.20. The Kier molecular flexibility index (Phi) is 6.67. The maximum atomic E-state index is 12.3. The van der Waals surface area contributed by atoms with Crippen molar-refractivity contribution in [2.45, 2.75) is 13.0 Å². The number of hydrogen-bond donors (Lipinski definition) is 1. The van der Waals surface area contributed by atoms with E-state index in [1.807, 2.05) is 30.3 Å². The summed E-state index contributed by atoms with van der Waals surface area (Å²) in [5.74, 6) is 1.56. The molecule has 1 amide bonds. The third kappa shape index (κ3) is 5.40. The number of nitrogens with zero attached hydrogens (tertiary/aromatic N) is 2. The minimum Gasteiger partial charge on any atom is -0.486 e. The van der Waals surface area contributed by atoms with Crippen LogP contribution in [0.3, 0.4) is 0 Å². The van der Waals surface area contributed by atoms with Crippen LogP contribution < -0.4 is 10.1 Å². The highest BCUT2D eigenvalue weighted by atomic mass is 16.5. The lowest BCUT2D eigenvalue weighted by molar-refractivity contribution is 0.0917. The molecular weight excluding hydrogens is 378 g/mol. The summed E-state index contributed by atoms with van der Waals surface area (Å²) in [6, 6.07) is 17.6. The molecule has 158 valence electrons. The molecule has 1 saturated heterocycles. The van der Waals surface area contributed by atoms with Crippen molar-refractivity contribution in [2.24, 2.45) is 0 Å². The molecule has 6 heteroatoms. The molecule has 2 aromatic carbocycles. The van der Waals surface area contributed by atoms with Crippen LogP contribution in [-0.2, 0) is 6.61 Å². The number of furan rings is 1. The summed E-state index contributed by atoms with van der Waals surface area (Å²) < 4.78 is 11.5. The average Bonchev–Trinajstić information content (AvgIpc) is 3.25. The van der Waals surface area contributed by atoms with Crippen molar-refractivity contribution in [2.75, 3.05) is 46.3 Å². The Bertz CT molecular complexity index is 976. The van der Waals surface area contributed by atoms with Crippen LogP contribution in [0, 0.1) is 0 Å². The summed E-state index contributed by atoms with van der Waals surface area (Å²) in [7, 11) is 2.15. The summed E-state index contributed by atoms with van der Waals surface area (Å²) in [6.07, 6.45) is 0.939. The van der Waals surface area contributed by atoms with Gasteiger partial charge in [0, 0.05) is 32.7 Å². The van der Waals surface area contributed by atoms with Crippen LogP contribution in [0.5, 0.6) is 5.75 Å². The predicted molar refractivity (Wildman–Crippen MR) is 118 cm³/mol. The van der Waals surface area contributed by atoms with Gasteiger partial charge in [-0.15, -0.1) is 0 Å². The zero-order chi connectivity index (χ0) is 20.8. The molecule has 6 nitrogen and oxygen atoms in total. The summed E-state index contributed by atoms with van der Waals surface area (Å²) in [5.41, 5.74) is 0. The molecule has 0 aliphatic carbocycles. The van der Waals surface area contributed by atoms with E-state index in [4.69, 9.17) is 9.15 Å². The van der Waals surface area contributed by atoms with Crippen LogP contribution >= 0.6 is 0 Å². The largest absolute Gasteiger partial charge is 0.486 e. The number of rotatable bonds is 8. The summed E-state index contributed by atoms with van der Waals surface area (Å²) in [5, 5.41) is 5.25. The second-order valence-electron chi connectivity index (χ2n) is 7.82. The van der Waals surface area contributed by atoms with Gasteiger partial charge in [0.25, 0.3) is 5.91 Å². The number of carbonyl (C=O) groups excluding carboxylic acids is 1. The van der Waals surface area contributed by atoms with Gasteiger partial charge in [-0.3, -0.25) is 4.79 Å². The second kappa shape index (κ2) is 9.78. The van der Waals surface area contributed by atoms with E-state index in [0.29, 0.717) is 18.1 Å². The molecule has 2 heterocycles. The molecule has 1 N–H and O–H groups in total. The standard InChI is InChI=1S/C24H29N3O3/c1-26-13-15-27(16-14-26)12-4-11-25-24(28)23-10-9-22(30-23)18-29-21-8-7-19-5-2-3-6-20(19)17-21/h2-3,5-10,17H,4,11-16,18H2,1H3,(H,25,28). The normalized spacial score (nSPS) is 15.4. The summed E-state index contributed by atoms with van der Waals surface area (Å²) in [4.78, 5) is 17.1. The van der Waals surface area contributed by atoms with Gasteiger partial charge in [-0.1, -0.05) is 30.3 Å². The molecule has 1 aliphatic rings. The Morgan fingerprint density at radius 1 is 1.03 bits per heavy atom. The third-order valence-electron chi connectivity index (χ3n) is 5.52. The fraction of sp³-hybridized carbons (Fsp3) is 0.375. The lowest BCUT2D eigenvalue weighted by atomic mass is 10.1. The second-order valence-corrected chi connectivity index (χ2v) is 7.82. The smallest absolute Gasteiger partial charge is 0.286 e. The van der Waals surface area contributed by atoms with Crippen LogP contribution in [0.1, 0.15) is 22.7 Å². The molecule has 0 unspecified atom stereocenters. The number of hydrogen-bond acceptors (Lipinski definition) is 5. The van der Waals surface area contributed by atoms with Gasteiger partial charge in [-0.25, -0.2) is 0 Å². The van der Waals surface area contributed by atoms with Crippen LogP contribution in [-0.4, -0.2) is 62.0 Å². The molecule has 0 atom stereocenters. The van der Waals surface area contributed by atoms with Gasteiger partial charge in [-0.2, -0.15) is 0 Å². The molecule has 30 heavy (non-hydrogen) atoms. The van der Waals surface area contributed by atoms with Crippen LogP contribution in [0.2, 0.25) is 0 Å². The van der Waals surface area contributed by atoms with Crippen LogP contribution in [0.25, 0.3) is 10.8 Å². The highest BCUT2D eigenvalue weighted by Gasteiger charge is 2.14. The fourth-order valence-corrected chi connectivity index (χ4v) is 3.65. The molecule has 3 aromatic rings. The topological polar surface area (TPSA) is 58.0 Å². The molecule has 1 aliphatic heterocycles. The molecule has 4 rings (SSSR count). The van der Waals surface area contributed by atoms with Gasteiger partial charge in [0.2, 0.25) is 0 Å². The van der Waals surface area contributed by atoms with Crippen molar-refractivity contribution >= 4 is 16.7 Å². The summed E-state index contributed by atoms with van der Waals surface area (Å²) in [6.45, 7) is 6.37. The number of benzene rings is 2. The zero-order valence-corrected chi connectivity index (χ0v) is 17.5. The van der Waals surface area contributed by atoms with Gasteiger partial charge >= 0.3 is 0 Å². The average molecular weight is 408 g/mol. The van der Waals surface area contributed by atoms with Crippen molar-refractivity contribution in [1.82, 2.24) is 15.1 Å². The molecule has 0 spiro atoms. The third-order valence-corrected chi connectivity index (χ3v) is 5.52. The highest BCUT2D eigenvalue weighted by Crippen LogP contribution is 2.21. The minimum atomic E-state index is -0.176. The first kappa shape index (κ1) is 20.4. The first-order valence-electron chi connectivity index (χ1n) is 10.6. The number of piperazine rings is 1. The number of fused-ring (bicyclic) bond motifs is 1. The molecule has 0 radical (unpaired) electrons. The van der Waals surface area contributed by atoms with E-state index in [2.05, 4.69) is 34.3 Å². The Hall–Kier alpha value is -2.83. The fourth-order valence-electron chi connectivity index (χ4n) is 3.65. The number of carbonyl (C=O) groups is 1. The van der Waals surface area contributed by atoms with Crippen LogP contribution in [0.4, 0.5) is 0 Å². The van der Waals surface area contributed by atoms with Gasteiger partial charge in [-0.05, 0) is 55.1 Å². The van der Waals surface area contributed by atoms with Crippen molar-refractivity contribution in [1.29, 1.82) is 0 Å². The lowest BCUT2D eigenvalue weighted by Gasteiger charge is -2.32. The van der Waals surface area contributed by atoms with E-state index in [1.54, 1.807) is 12.1 Å². The Morgan fingerprint density at radius 2 is 1.83 bits per heavy atom. The Labute approximate surface area is 177 Å². The first-order valence-corrected chi connectivity index (χ1v) is 10.6. The van der Waals surface area contributed by atoms with E-state index in [9.17, 15) is 4.79 Å². The van der Waals surface area contributed by atoms with E-state index in [0.717, 1.165) is 50.3 Å². The maximum absolute atomic E-state index is 12.3. The van der Waals surface area contributed by atoms with Crippen LogP contribution in [0.15, 0.2) is 59.0 Å². The summed E-state index contributed by atoms with van der Waals surface area (Å²) >= 11 is 0. The molecule has 0 bridgehead atoms.